The maximum Gasteiger partial charge on any atom is 0.433 e. The number of carbonyl (C=O) groups is 2. The van der Waals surface area contributed by atoms with Gasteiger partial charge in [0.25, 0.3) is 0 Å². The van der Waals surface area contributed by atoms with Gasteiger partial charge >= 0.3 is 12.1 Å². The number of halogens is 1. The van der Waals surface area contributed by atoms with Crippen molar-refractivity contribution >= 4 is 23.6 Å². The second-order valence-electron chi connectivity index (χ2n) is 6.70. The standard InChI is InChI=1S/C22H27FN4O7/c1-3-25-22(31)34-27-20(24)13-5-7-14(8-6-13)26-19(21(29)30)15-11-17(32-4-2)18(12-16(15)23)33-10-9-28/h5-8,11-12,19,26,28H,3-4,9-10H2,1-2H3,(H2,24,27)(H,25,31)(H,29,30). The molecule has 1 atom stereocenters. The van der Waals surface area contributed by atoms with E-state index in [1.165, 1.54) is 30.3 Å². The number of aliphatic hydroxyl groups excluding tert-OH is 1. The van der Waals surface area contributed by atoms with Crippen molar-refractivity contribution in [3.8, 4) is 11.5 Å². The van der Waals surface area contributed by atoms with Gasteiger partial charge in [-0.1, -0.05) is 5.16 Å². The first kappa shape index (κ1) is 26.2. The Morgan fingerprint density at radius 2 is 1.82 bits per heavy atom. The van der Waals surface area contributed by atoms with Crippen LogP contribution in [0.5, 0.6) is 11.5 Å². The number of carboxylic acid groups (broad SMARTS) is 1. The van der Waals surface area contributed by atoms with Gasteiger partial charge in [-0.2, -0.15) is 0 Å². The van der Waals surface area contributed by atoms with Crippen molar-refractivity contribution in [1.82, 2.24) is 5.32 Å². The minimum atomic E-state index is -1.45. The highest BCUT2D eigenvalue weighted by atomic mass is 19.1. The van der Waals surface area contributed by atoms with Crippen LogP contribution in [-0.2, 0) is 9.63 Å². The molecule has 0 spiro atoms. The lowest BCUT2D eigenvalue weighted by Gasteiger charge is -2.20. The number of hydrogen-bond donors (Lipinski definition) is 5. The number of anilines is 1. The molecule has 6 N–H and O–H groups in total. The monoisotopic (exact) mass is 478 g/mol. The summed E-state index contributed by atoms with van der Waals surface area (Å²) >= 11 is 0. The Morgan fingerprint density at radius 1 is 1.15 bits per heavy atom. The van der Waals surface area contributed by atoms with Gasteiger partial charge in [0.05, 0.1) is 13.2 Å². The molecule has 0 aliphatic carbocycles. The highest BCUT2D eigenvalue weighted by Gasteiger charge is 2.26. The molecule has 184 valence electrons. The van der Waals surface area contributed by atoms with Crippen molar-refractivity contribution in [3.63, 3.8) is 0 Å². The zero-order valence-corrected chi connectivity index (χ0v) is 18.7. The molecule has 0 saturated carbocycles. The lowest BCUT2D eigenvalue weighted by Crippen LogP contribution is -2.24. The first-order chi connectivity index (χ1) is 16.3. The number of carboxylic acids is 1. The first-order valence-electron chi connectivity index (χ1n) is 10.4. The number of ether oxygens (including phenoxy) is 2. The summed E-state index contributed by atoms with van der Waals surface area (Å²) < 4.78 is 25.5. The van der Waals surface area contributed by atoms with E-state index in [9.17, 15) is 19.1 Å². The fraction of sp³-hybridized carbons (Fsp3) is 0.318. The predicted molar refractivity (Wildman–Crippen MR) is 121 cm³/mol. The van der Waals surface area contributed by atoms with Crippen LogP contribution in [0.15, 0.2) is 41.6 Å². The van der Waals surface area contributed by atoms with Crippen molar-refractivity contribution in [2.45, 2.75) is 19.9 Å². The molecule has 0 bridgehead atoms. The molecule has 1 amide bonds. The summed E-state index contributed by atoms with van der Waals surface area (Å²) in [5.74, 6) is -2.03. The summed E-state index contributed by atoms with van der Waals surface area (Å²) in [5.41, 5.74) is 6.38. The molecule has 0 saturated heterocycles. The lowest BCUT2D eigenvalue weighted by molar-refractivity contribution is -0.138. The first-order valence-corrected chi connectivity index (χ1v) is 10.4. The van der Waals surface area contributed by atoms with E-state index in [0.717, 1.165) is 6.07 Å². The Labute approximate surface area is 195 Å². The van der Waals surface area contributed by atoms with E-state index in [0.29, 0.717) is 17.8 Å². The summed E-state index contributed by atoms with van der Waals surface area (Å²) in [6, 6.07) is 6.88. The third-order valence-electron chi connectivity index (χ3n) is 4.31. The van der Waals surface area contributed by atoms with Crippen LogP contribution in [0.25, 0.3) is 0 Å². The van der Waals surface area contributed by atoms with Crippen molar-refractivity contribution < 1.29 is 38.5 Å². The third kappa shape index (κ3) is 7.24. The number of amides is 1. The maximum atomic E-state index is 14.8. The van der Waals surface area contributed by atoms with Crippen LogP contribution in [0.3, 0.4) is 0 Å². The fourth-order valence-electron chi connectivity index (χ4n) is 2.81. The minimum Gasteiger partial charge on any atom is -0.490 e. The zero-order chi connectivity index (χ0) is 25.1. The number of aliphatic hydroxyl groups is 1. The van der Waals surface area contributed by atoms with Gasteiger partial charge in [0.15, 0.2) is 23.4 Å². The van der Waals surface area contributed by atoms with Gasteiger partial charge in [-0.05, 0) is 44.2 Å². The van der Waals surface area contributed by atoms with Crippen LogP contribution < -0.4 is 25.8 Å². The van der Waals surface area contributed by atoms with Crippen LogP contribution >= 0.6 is 0 Å². The molecule has 34 heavy (non-hydrogen) atoms. The van der Waals surface area contributed by atoms with Gasteiger partial charge in [0.2, 0.25) is 0 Å². The van der Waals surface area contributed by atoms with Crippen molar-refractivity contribution in [2.75, 3.05) is 31.7 Å². The molecule has 0 heterocycles. The highest BCUT2D eigenvalue weighted by Crippen LogP contribution is 2.34. The second-order valence-corrected chi connectivity index (χ2v) is 6.70. The smallest absolute Gasteiger partial charge is 0.433 e. The summed E-state index contributed by atoms with van der Waals surface area (Å²) in [6.07, 6.45) is -0.755. The van der Waals surface area contributed by atoms with Crippen molar-refractivity contribution in [3.05, 3.63) is 53.3 Å². The fourth-order valence-corrected chi connectivity index (χ4v) is 2.81. The topological polar surface area (TPSA) is 165 Å². The van der Waals surface area contributed by atoms with E-state index in [-0.39, 0.29) is 42.7 Å². The van der Waals surface area contributed by atoms with E-state index in [1.54, 1.807) is 13.8 Å². The Morgan fingerprint density at radius 3 is 2.41 bits per heavy atom. The number of rotatable bonds is 12. The number of aliphatic carboxylic acids is 1. The zero-order valence-electron chi connectivity index (χ0n) is 18.7. The summed E-state index contributed by atoms with van der Waals surface area (Å²) in [6.45, 7) is 3.67. The van der Waals surface area contributed by atoms with E-state index >= 15 is 0 Å². The van der Waals surface area contributed by atoms with E-state index in [2.05, 4.69) is 20.6 Å². The Hall–Kier alpha value is -4.06. The summed E-state index contributed by atoms with van der Waals surface area (Å²) in [5, 5.41) is 27.3. The Balaban J connectivity index is 2.25. The number of nitrogens with two attached hydrogens (primary N) is 1. The van der Waals surface area contributed by atoms with Crippen LogP contribution in [-0.4, -0.2) is 54.5 Å². The molecular weight excluding hydrogens is 451 g/mol. The van der Waals surface area contributed by atoms with Crippen molar-refractivity contribution in [2.24, 2.45) is 10.9 Å². The molecule has 0 aliphatic heterocycles. The largest absolute Gasteiger partial charge is 0.490 e. The summed E-state index contributed by atoms with van der Waals surface area (Å²) in [4.78, 5) is 27.8. The van der Waals surface area contributed by atoms with Gasteiger partial charge in [0.1, 0.15) is 12.4 Å². The average Bonchev–Trinajstić information content (AvgIpc) is 2.81. The number of nitrogens with one attached hydrogen (secondary N) is 2. The van der Waals surface area contributed by atoms with Gasteiger partial charge in [-0.3, -0.25) is 4.84 Å². The molecule has 11 nitrogen and oxygen atoms in total. The molecule has 1 unspecified atom stereocenters. The van der Waals surface area contributed by atoms with Crippen LogP contribution in [0.4, 0.5) is 14.9 Å². The van der Waals surface area contributed by atoms with Gasteiger partial charge in [-0.25, -0.2) is 14.0 Å². The molecule has 2 aromatic carbocycles. The van der Waals surface area contributed by atoms with E-state index in [4.69, 9.17) is 20.3 Å². The maximum absolute atomic E-state index is 14.8. The highest BCUT2D eigenvalue weighted by molar-refractivity contribution is 5.97. The summed E-state index contributed by atoms with van der Waals surface area (Å²) in [7, 11) is 0. The number of amidine groups is 1. The number of nitrogens with zero attached hydrogens (tertiary/aromatic N) is 1. The molecule has 0 aromatic heterocycles. The lowest BCUT2D eigenvalue weighted by atomic mass is 10.0. The SMILES string of the molecule is CCNC(=O)O/N=C(\N)c1ccc(NC(C(=O)O)c2cc(OCC)c(OCCO)cc2F)cc1. The quantitative estimate of drug-likeness (QED) is 0.133. The molecular formula is C22H27FN4O7. The Kier molecular flexibility index (Phi) is 9.90. The van der Waals surface area contributed by atoms with Gasteiger partial charge in [-0.15, -0.1) is 0 Å². The van der Waals surface area contributed by atoms with Crippen molar-refractivity contribution in [1.29, 1.82) is 0 Å². The third-order valence-corrected chi connectivity index (χ3v) is 4.31. The van der Waals surface area contributed by atoms with E-state index in [1.807, 2.05) is 0 Å². The normalized spacial score (nSPS) is 11.9. The molecule has 2 rings (SSSR count). The number of oxime groups is 1. The predicted octanol–water partition coefficient (Wildman–Crippen LogP) is 2.20. The van der Waals surface area contributed by atoms with Gasteiger partial charge < -0.3 is 36.1 Å². The molecule has 12 heteroatoms. The molecule has 0 fully saturated rings. The van der Waals surface area contributed by atoms with Crippen LogP contribution in [0.1, 0.15) is 31.0 Å². The second kappa shape index (κ2) is 12.8. The number of benzene rings is 2. The van der Waals surface area contributed by atoms with Crippen LogP contribution in [0.2, 0.25) is 0 Å². The Bertz CT molecular complexity index is 1020. The number of hydrogen-bond acceptors (Lipinski definition) is 8. The molecule has 0 radical (unpaired) electrons. The number of carbonyl (C=O) groups excluding carboxylic acids is 1. The minimum absolute atomic E-state index is 0.0511. The van der Waals surface area contributed by atoms with E-state index < -0.39 is 23.9 Å². The molecule has 0 aliphatic rings. The average molecular weight is 478 g/mol. The van der Waals surface area contributed by atoms with Gasteiger partial charge in [0, 0.05) is 29.4 Å². The van der Waals surface area contributed by atoms with Crippen LogP contribution in [0, 0.1) is 5.82 Å². The molecule has 2 aromatic rings.